The first-order valence-electron chi connectivity index (χ1n) is 5.36. The van der Waals surface area contributed by atoms with E-state index in [0.717, 1.165) is 17.3 Å². The van der Waals surface area contributed by atoms with E-state index in [0.29, 0.717) is 24.8 Å². The molecule has 1 aromatic rings. The van der Waals surface area contributed by atoms with Gasteiger partial charge in [0.25, 0.3) is 0 Å². The monoisotopic (exact) mass is 318 g/mol. The molecule has 0 saturated heterocycles. The maximum absolute atomic E-state index is 11.4. The van der Waals surface area contributed by atoms with Gasteiger partial charge in [0.1, 0.15) is 5.82 Å². The Bertz CT molecular complexity index is 425. The predicted molar refractivity (Wildman–Crippen MR) is 69.0 cm³/mol. The van der Waals surface area contributed by atoms with Gasteiger partial charge < -0.3 is 10.6 Å². The summed E-state index contributed by atoms with van der Waals surface area (Å²) in [6, 6.07) is 0.405. The van der Waals surface area contributed by atoms with Crippen LogP contribution in [-0.2, 0) is 4.79 Å². The third kappa shape index (κ3) is 4.12. The third-order valence-corrected chi connectivity index (χ3v) is 3.06. The Labute approximate surface area is 112 Å². The lowest BCUT2D eigenvalue weighted by molar-refractivity contribution is -0.120. The molecular weight excluding hydrogens is 307 g/mol. The molecule has 17 heavy (non-hydrogen) atoms. The van der Waals surface area contributed by atoms with Gasteiger partial charge in [0.15, 0.2) is 0 Å². The van der Waals surface area contributed by atoms with Crippen LogP contribution in [0.15, 0.2) is 10.7 Å². The number of nitrogens with zero attached hydrogens (tertiary/aromatic N) is 2. The molecule has 0 spiro atoms. The lowest BCUT2D eigenvalue weighted by Gasteiger charge is -2.07. The second kappa shape index (κ2) is 5.64. The van der Waals surface area contributed by atoms with Crippen molar-refractivity contribution in [2.24, 2.45) is 0 Å². The van der Waals surface area contributed by atoms with E-state index in [1.54, 1.807) is 6.20 Å². The van der Waals surface area contributed by atoms with Crippen molar-refractivity contribution in [1.82, 2.24) is 15.3 Å². The lowest BCUT2D eigenvalue weighted by atomic mass is 10.4. The van der Waals surface area contributed by atoms with Crippen LogP contribution in [0.5, 0.6) is 0 Å². The Morgan fingerprint density at radius 1 is 1.59 bits per heavy atom. The number of halogens is 2. The molecule has 0 bridgehead atoms. The van der Waals surface area contributed by atoms with Crippen molar-refractivity contribution in [2.45, 2.75) is 25.3 Å². The second-order valence-corrected chi connectivity index (χ2v) is 5.05. The molecule has 1 amide bonds. The summed E-state index contributed by atoms with van der Waals surface area (Å²) in [5.74, 6) is 0.667. The van der Waals surface area contributed by atoms with Crippen LogP contribution >= 0.6 is 27.5 Å². The quantitative estimate of drug-likeness (QED) is 0.814. The van der Waals surface area contributed by atoms with E-state index < -0.39 is 0 Å². The second-order valence-electron chi connectivity index (χ2n) is 3.85. The SMILES string of the molecule is O=C(CCNc1nc(Cl)ncc1Br)NC1CC1. The molecule has 0 aromatic carbocycles. The van der Waals surface area contributed by atoms with Gasteiger partial charge in [-0.25, -0.2) is 4.98 Å². The molecule has 0 radical (unpaired) electrons. The number of carbonyl (C=O) groups excluding carboxylic acids is 1. The number of aromatic nitrogens is 2. The van der Waals surface area contributed by atoms with Gasteiger partial charge in [-0.15, -0.1) is 0 Å². The Morgan fingerprint density at radius 2 is 2.35 bits per heavy atom. The Hall–Kier alpha value is -0.880. The molecular formula is C10H12BrClN4O. The fraction of sp³-hybridized carbons (Fsp3) is 0.500. The lowest BCUT2D eigenvalue weighted by Crippen LogP contribution is -2.27. The fourth-order valence-electron chi connectivity index (χ4n) is 1.29. The highest BCUT2D eigenvalue weighted by molar-refractivity contribution is 9.10. The van der Waals surface area contributed by atoms with Crippen LogP contribution < -0.4 is 10.6 Å². The Kier molecular flexibility index (Phi) is 4.17. The summed E-state index contributed by atoms with van der Waals surface area (Å²) < 4.78 is 0.726. The fourth-order valence-corrected chi connectivity index (χ4v) is 1.76. The molecule has 5 nitrogen and oxygen atoms in total. The van der Waals surface area contributed by atoms with Crippen molar-refractivity contribution in [1.29, 1.82) is 0 Å². The zero-order valence-electron chi connectivity index (χ0n) is 9.04. The van der Waals surface area contributed by atoms with E-state index >= 15 is 0 Å². The van der Waals surface area contributed by atoms with E-state index in [2.05, 4.69) is 36.5 Å². The van der Waals surface area contributed by atoms with Crippen LogP contribution in [0.3, 0.4) is 0 Å². The summed E-state index contributed by atoms with van der Waals surface area (Å²) in [5, 5.41) is 6.13. The van der Waals surface area contributed by atoms with Gasteiger partial charge in [0.2, 0.25) is 11.2 Å². The number of anilines is 1. The number of amides is 1. The predicted octanol–water partition coefficient (Wildman–Crippen LogP) is 1.97. The molecule has 1 aliphatic carbocycles. The smallest absolute Gasteiger partial charge is 0.224 e. The largest absolute Gasteiger partial charge is 0.368 e. The number of rotatable bonds is 5. The first-order chi connectivity index (χ1) is 8.15. The minimum atomic E-state index is 0.0660. The molecule has 7 heteroatoms. The van der Waals surface area contributed by atoms with Crippen LogP contribution in [0.25, 0.3) is 0 Å². The van der Waals surface area contributed by atoms with Gasteiger partial charge in [-0.05, 0) is 40.4 Å². The van der Waals surface area contributed by atoms with Crippen LogP contribution in [-0.4, -0.2) is 28.5 Å². The van der Waals surface area contributed by atoms with Crippen molar-refractivity contribution in [2.75, 3.05) is 11.9 Å². The van der Waals surface area contributed by atoms with E-state index in [1.807, 2.05) is 0 Å². The molecule has 2 rings (SSSR count). The molecule has 92 valence electrons. The van der Waals surface area contributed by atoms with Crippen LogP contribution in [0.4, 0.5) is 5.82 Å². The summed E-state index contributed by atoms with van der Waals surface area (Å²) >= 11 is 8.97. The summed E-state index contributed by atoms with van der Waals surface area (Å²) in [6.45, 7) is 0.518. The van der Waals surface area contributed by atoms with Crippen molar-refractivity contribution in [3.63, 3.8) is 0 Å². The average Bonchev–Trinajstić information content (AvgIpc) is 3.07. The molecule has 0 atom stereocenters. The van der Waals surface area contributed by atoms with E-state index in [4.69, 9.17) is 11.6 Å². The maximum Gasteiger partial charge on any atom is 0.224 e. The summed E-state index contributed by atoms with van der Waals surface area (Å²) in [4.78, 5) is 19.2. The van der Waals surface area contributed by atoms with E-state index in [-0.39, 0.29) is 11.2 Å². The maximum atomic E-state index is 11.4. The Morgan fingerprint density at radius 3 is 3.06 bits per heavy atom. The third-order valence-electron chi connectivity index (χ3n) is 2.30. The van der Waals surface area contributed by atoms with Crippen LogP contribution in [0.1, 0.15) is 19.3 Å². The summed E-state index contributed by atoms with van der Waals surface area (Å²) in [6.07, 6.45) is 4.20. The number of hydrogen-bond acceptors (Lipinski definition) is 4. The molecule has 1 aromatic heterocycles. The van der Waals surface area contributed by atoms with E-state index in [1.165, 1.54) is 0 Å². The van der Waals surface area contributed by atoms with Gasteiger partial charge in [-0.1, -0.05) is 0 Å². The zero-order valence-corrected chi connectivity index (χ0v) is 11.4. The van der Waals surface area contributed by atoms with Gasteiger partial charge in [-0.2, -0.15) is 4.98 Å². The molecule has 1 heterocycles. The highest BCUT2D eigenvalue weighted by Gasteiger charge is 2.22. The first-order valence-corrected chi connectivity index (χ1v) is 6.53. The van der Waals surface area contributed by atoms with Gasteiger partial charge in [0, 0.05) is 25.2 Å². The summed E-state index contributed by atoms with van der Waals surface area (Å²) in [5.41, 5.74) is 0. The normalized spacial score (nSPS) is 14.5. The van der Waals surface area contributed by atoms with Crippen LogP contribution in [0, 0.1) is 0 Å². The average molecular weight is 320 g/mol. The molecule has 1 fully saturated rings. The van der Waals surface area contributed by atoms with Crippen LogP contribution in [0.2, 0.25) is 5.28 Å². The molecule has 1 aliphatic rings. The molecule has 1 saturated carbocycles. The van der Waals surface area contributed by atoms with Crippen molar-refractivity contribution >= 4 is 39.3 Å². The van der Waals surface area contributed by atoms with Gasteiger partial charge >= 0.3 is 0 Å². The summed E-state index contributed by atoms with van der Waals surface area (Å²) in [7, 11) is 0. The standard InChI is InChI=1S/C10H12BrClN4O/c11-7-5-14-10(12)16-9(7)13-4-3-8(17)15-6-1-2-6/h5-6H,1-4H2,(H,15,17)(H,13,14,16). The molecule has 0 unspecified atom stereocenters. The molecule has 2 N–H and O–H groups in total. The topological polar surface area (TPSA) is 66.9 Å². The molecule has 0 aliphatic heterocycles. The number of nitrogens with one attached hydrogen (secondary N) is 2. The van der Waals surface area contributed by atoms with Crippen molar-refractivity contribution < 1.29 is 4.79 Å². The van der Waals surface area contributed by atoms with E-state index in [9.17, 15) is 4.79 Å². The van der Waals surface area contributed by atoms with Gasteiger partial charge in [-0.3, -0.25) is 4.79 Å². The van der Waals surface area contributed by atoms with Gasteiger partial charge in [0.05, 0.1) is 4.47 Å². The Balaban J connectivity index is 1.76. The number of hydrogen-bond donors (Lipinski definition) is 2. The van der Waals surface area contributed by atoms with Crippen molar-refractivity contribution in [3.05, 3.63) is 16.0 Å². The highest BCUT2D eigenvalue weighted by atomic mass is 79.9. The minimum absolute atomic E-state index is 0.0660. The minimum Gasteiger partial charge on any atom is -0.368 e. The zero-order chi connectivity index (χ0) is 12.3. The van der Waals surface area contributed by atoms with Crippen molar-refractivity contribution in [3.8, 4) is 0 Å². The number of carbonyl (C=O) groups is 1. The first kappa shape index (κ1) is 12.6. The highest BCUT2D eigenvalue weighted by Crippen LogP contribution is 2.20.